The third-order valence-electron chi connectivity index (χ3n) is 3.53. The highest BCUT2D eigenvalue weighted by molar-refractivity contribution is 7.88. The summed E-state index contributed by atoms with van der Waals surface area (Å²) in [6.45, 7) is 4.81. The second-order valence-corrected chi connectivity index (χ2v) is 7.67. The Morgan fingerprint density at radius 1 is 1.38 bits per heavy atom. The standard InChI is InChI=1S/C16H22N4O3S/c1-13(5-4-10-20(2)24(3,21)22)12-23-14-6-7-15(17-11-14)16-8-9-18-19-16/h6-9,11H,1,4-5,10,12H2,2-3H3,(H,18,19). The van der Waals surface area contributed by atoms with Crippen LogP contribution in [0.3, 0.4) is 0 Å². The van der Waals surface area contributed by atoms with Gasteiger partial charge in [0.1, 0.15) is 12.4 Å². The van der Waals surface area contributed by atoms with Gasteiger partial charge in [-0.1, -0.05) is 6.58 Å². The van der Waals surface area contributed by atoms with Crippen molar-refractivity contribution in [3.05, 3.63) is 42.7 Å². The van der Waals surface area contributed by atoms with E-state index in [4.69, 9.17) is 4.74 Å². The zero-order chi connectivity index (χ0) is 17.6. The zero-order valence-corrected chi connectivity index (χ0v) is 14.7. The first kappa shape index (κ1) is 18.2. The maximum absolute atomic E-state index is 11.3. The molecule has 0 saturated carbocycles. The van der Waals surface area contributed by atoms with E-state index in [2.05, 4.69) is 21.8 Å². The summed E-state index contributed by atoms with van der Waals surface area (Å²) in [4.78, 5) is 4.31. The molecule has 0 amide bonds. The summed E-state index contributed by atoms with van der Waals surface area (Å²) in [7, 11) is -1.55. The second-order valence-electron chi connectivity index (χ2n) is 5.58. The number of rotatable bonds is 9. The third kappa shape index (κ3) is 5.47. The molecule has 2 aromatic rings. The summed E-state index contributed by atoms with van der Waals surface area (Å²) in [6.07, 6.45) is 5.95. The predicted molar refractivity (Wildman–Crippen MR) is 93.2 cm³/mol. The molecule has 0 aliphatic rings. The Bertz CT molecular complexity index is 755. The van der Waals surface area contributed by atoms with Gasteiger partial charge in [0.2, 0.25) is 10.0 Å². The Morgan fingerprint density at radius 2 is 2.17 bits per heavy atom. The number of aromatic nitrogens is 3. The molecule has 0 fully saturated rings. The molecule has 2 heterocycles. The van der Waals surface area contributed by atoms with Crippen molar-refractivity contribution in [3.8, 4) is 17.1 Å². The number of nitrogens with zero attached hydrogens (tertiary/aromatic N) is 3. The Kier molecular flexibility index (Phi) is 6.10. The van der Waals surface area contributed by atoms with Crippen molar-refractivity contribution >= 4 is 10.0 Å². The normalized spacial score (nSPS) is 11.6. The minimum absolute atomic E-state index is 0.383. The molecule has 0 aliphatic carbocycles. The van der Waals surface area contributed by atoms with E-state index in [0.29, 0.717) is 31.7 Å². The molecular weight excluding hydrogens is 328 g/mol. The zero-order valence-electron chi connectivity index (χ0n) is 13.9. The number of aromatic amines is 1. The molecule has 0 saturated heterocycles. The molecule has 1 N–H and O–H groups in total. The van der Waals surface area contributed by atoms with E-state index in [9.17, 15) is 8.42 Å². The van der Waals surface area contributed by atoms with Gasteiger partial charge in [0.05, 0.1) is 23.8 Å². The van der Waals surface area contributed by atoms with Crippen molar-refractivity contribution < 1.29 is 13.2 Å². The van der Waals surface area contributed by atoms with Crippen LogP contribution in [0.1, 0.15) is 12.8 Å². The summed E-state index contributed by atoms with van der Waals surface area (Å²) < 4.78 is 29.6. The third-order valence-corrected chi connectivity index (χ3v) is 4.84. The topological polar surface area (TPSA) is 88.2 Å². The molecule has 130 valence electrons. The quantitative estimate of drug-likeness (QED) is 0.700. The first-order chi connectivity index (χ1) is 11.4. The van der Waals surface area contributed by atoms with Crippen molar-refractivity contribution in [2.45, 2.75) is 12.8 Å². The van der Waals surface area contributed by atoms with Crippen LogP contribution in [0.4, 0.5) is 0 Å². The van der Waals surface area contributed by atoms with Crippen molar-refractivity contribution in [1.29, 1.82) is 0 Å². The van der Waals surface area contributed by atoms with Crippen molar-refractivity contribution in [2.75, 3.05) is 26.5 Å². The van der Waals surface area contributed by atoms with Gasteiger partial charge in [0, 0.05) is 19.8 Å². The molecule has 0 atom stereocenters. The highest BCUT2D eigenvalue weighted by Crippen LogP contribution is 2.17. The molecule has 24 heavy (non-hydrogen) atoms. The predicted octanol–water partition coefficient (Wildman–Crippen LogP) is 2.08. The first-order valence-electron chi connectivity index (χ1n) is 7.53. The second kappa shape index (κ2) is 8.07. The smallest absolute Gasteiger partial charge is 0.210 e. The largest absolute Gasteiger partial charge is 0.488 e. The van der Waals surface area contributed by atoms with Gasteiger partial charge in [0.25, 0.3) is 0 Å². The van der Waals surface area contributed by atoms with E-state index in [1.807, 2.05) is 18.2 Å². The molecule has 0 spiro atoms. The number of hydrogen-bond acceptors (Lipinski definition) is 5. The molecule has 0 aliphatic heterocycles. The lowest BCUT2D eigenvalue weighted by atomic mass is 10.2. The fraction of sp³-hybridized carbons (Fsp3) is 0.375. The van der Waals surface area contributed by atoms with Gasteiger partial charge in [-0.25, -0.2) is 12.7 Å². The summed E-state index contributed by atoms with van der Waals surface area (Å²) in [5, 5.41) is 6.74. The van der Waals surface area contributed by atoms with Crippen LogP contribution in [-0.4, -0.2) is 54.4 Å². The van der Waals surface area contributed by atoms with Crippen LogP contribution in [0.5, 0.6) is 5.75 Å². The minimum Gasteiger partial charge on any atom is -0.488 e. The van der Waals surface area contributed by atoms with Gasteiger partial charge < -0.3 is 4.74 Å². The number of hydrogen-bond donors (Lipinski definition) is 1. The SMILES string of the molecule is C=C(CCCN(C)S(C)(=O)=O)COc1ccc(-c2ccn[nH]2)nc1. The number of pyridine rings is 1. The van der Waals surface area contributed by atoms with Crippen LogP contribution in [-0.2, 0) is 10.0 Å². The summed E-state index contributed by atoms with van der Waals surface area (Å²) in [5.74, 6) is 0.660. The van der Waals surface area contributed by atoms with E-state index in [0.717, 1.165) is 17.0 Å². The maximum Gasteiger partial charge on any atom is 0.210 e. The van der Waals surface area contributed by atoms with Crippen LogP contribution < -0.4 is 4.74 Å². The van der Waals surface area contributed by atoms with Crippen LogP contribution in [0, 0.1) is 0 Å². The fourth-order valence-electron chi connectivity index (χ4n) is 2.00. The van der Waals surface area contributed by atoms with Crippen molar-refractivity contribution in [2.24, 2.45) is 0 Å². The fourth-order valence-corrected chi connectivity index (χ4v) is 2.46. The van der Waals surface area contributed by atoms with Gasteiger partial charge in [-0.05, 0) is 36.6 Å². The Hall–Kier alpha value is -2.19. The lowest BCUT2D eigenvalue weighted by Gasteiger charge is -2.14. The monoisotopic (exact) mass is 350 g/mol. The Balaban J connectivity index is 1.74. The van der Waals surface area contributed by atoms with Crippen LogP contribution in [0.25, 0.3) is 11.4 Å². The molecular formula is C16H22N4O3S. The van der Waals surface area contributed by atoms with Crippen LogP contribution in [0.2, 0.25) is 0 Å². The molecule has 2 rings (SSSR count). The van der Waals surface area contributed by atoms with Gasteiger partial charge in [-0.2, -0.15) is 5.10 Å². The molecule has 0 radical (unpaired) electrons. The first-order valence-corrected chi connectivity index (χ1v) is 9.37. The van der Waals surface area contributed by atoms with E-state index in [1.54, 1.807) is 19.4 Å². The highest BCUT2D eigenvalue weighted by atomic mass is 32.2. The minimum atomic E-state index is -3.12. The molecule has 7 nitrogen and oxygen atoms in total. The van der Waals surface area contributed by atoms with E-state index < -0.39 is 10.0 Å². The molecule has 0 bridgehead atoms. The average Bonchev–Trinajstić information content (AvgIpc) is 3.07. The van der Waals surface area contributed by atoms with Gasteiger partial charge in [0.15, 0.2) is 0 Å². The Labute approximate surface area is 142 Å². The van der Waals surface area contributed by atoms with E-state index in [-0.39, 0.29) is 0 Å². The van der Waals surface area contributed by atoms with E-state index in [1.165, 1.54) is 10.6 Å². The number of nitrogens with one attached hydrogen (secondary N) is 1. The molecule has 2 aromatic heterocycles. The van der Waals surface area contributed by atoms with Crippen molar-refractivity contribution in [1.82, 2.24) is 19.5 Å². The average molecular weight is 350 g/mol. The molecule has 0 unspecified atom stereocenters. The Morgan fingerprint density at radius 3 is 2.75 bits per heavy atom. The van der Waals surface area contributed by atoms with Gasteiger partial charge in [-0.15, -0.1) is 0 Å². The van der Waals surface area contributed by atoms with Crippen LogP contribution >= 0.6 is 0 Å². The summed E-state index contributed by atoms with van der Waals surface area (Å²) in [6, 6.07) is 5.54. The van der Waals surface area contributed by atoms with E-state index >= 15 is 0 Å². The summed E-state index contributed by atoms with van der Waals surface area (Å²) in [5.41, 5.74) is 2.55. The number of ether oxygens (including phenoxy) is 1. The number of sulfonamides is 1. The molecule has 8 heteroatoms. The van der Waals surface area contributed by atoms with Crippen LogP contribution in [0.15, 0.2) is 42.7 Å². The highest BCUT2D eigenvalue weighted by Gasteiger charge is 2.10. The van der Waals surface area contributed by atoms with Gasteiger partial charge >= 0.3 is 0 Å². The number of H-pyrrole nitrogens is 1. The van der Waals surface area contributed by atoms with Crippen molar-refractivity contribution in [3.63, 3.8) is 0 Å². The maximum atomic E-state index is 11.3. The lowest BCUT2D eigenvalue weighted by Crippen LogP contribution is -2.26. The summed E-state index contributed by atoms with van der Waals surface area (Å²) >= 11 is 0. The lowest BCUT2D eigenvalue weighted by molar-refractivity contribution is 0.344. The molecule has 0 aromatic carbocycles. The van der Waals surface area contributed by atoms with Gasteiger partial charge in [-0.3, -0.25) is 10.1 Å².